The number of nitrogens with zero attached hydrogens (tertiary/aromatic N) is 2. The molecule has 25 heavy (non-hydrogen) atoms. The van der Waals surface area contributed by atoms with E-state index >= 15 is 0 Å². The van der Waals surface area contributed by atoms with Crippen molar-refractivity contribution < 1.29 is 4.79 Å². The van der Waals surface area contributed by atoms with Crippen LogP contribution in [0.15, 0.2) is 66.2 Å². The molecular weight excluding hydrogens is 330 g/mol. The Morgan fingerprint density at radius 2 is 1.96 bits per heavy atom. The van der Waals surface area contributed by atoms with Crippen molar-refractivity contribution in [2.24, 2.45) is 0 Å². The van der Waals surface area contributed by atoms with Gasteiger partial charge in [0.15, 0.2) is 5.13 Å². The van der Waals surface area contributed by atoms with Gasteiger partial charge in [-0.05, 0) is 37.6 Å². The number of rotatable bonds is 6. The number of benzene rings is 2. The zero-order valence-corrected chi connectivity index (χ0v) is 15.2. The molecule has 1 N–H and O–H groups in total. The summed E-state index contributed by atoms with van der Waals surface area (Å²) < 4.78 is 0. The van der Waals surface area contributed by atoms with Crippen LogP contribution in [0.4, 0.5) is 10.8 Å². The van der Waals surface area contributed by atoms with Crippen molar-refractivity contribution >= 4 is 28.1 Å². The van der Waals surface area contributed by atoms with Gasteiger partial charge in [0.25, 0.3) is 5.91 Å². The number of aromatic nitrogens is 1. The van der Waals surface area contributed by atoms with E-state index in [4.69, 9.17) is 0 Å². The molecule has 2 aromatic carbocycles. The van der Waals surface area contributed by atoms with E-state index in [1.807, 2.05) is 78.7 Å². The van der Waals surface area contributed by atoms with E-state index in [2.05, 4.69) is 10.3 Å². The number of nitrogens with one attached hydrogen (secondary N) is 1. The largest absolute Gasteiger partial charge is 0.332 e. The van der Waals surface area contributed by atoms with Crippen LogP contribution in [-0.4, -0.2) is 21.8 Å². The summed E-state index contributed by atoms with van der Waals surface area (Å²) in [5.74, 6) is 0.0293. The number of hydrogen-bond acceptors (Lipinski definition) is 4. The summed E-state index contributed by atoms with van der Waals surface area (Å²) in [6.07, 6.45) is 1.75. The van der Waals surface area contributed by atoms with E-state index in [9.17, 15) is 4.79 Å². The summed E-state index contributed by atoms with van der Waals surface area (Å²) in [6, 6.07) is 17.8. The van der Waals surface area contributed by atoms with Crippen LogP contribution in [0.5, 0.6) is 0 Å². The molecule has 0 atom stereocenters. The third-order valence-corrected chi connectivity index (χ3v) is 4.56. The predicted molar refractivity (Wildman–Crippen MR) is 103 cm³/mol. The lowest BCUT2D eigenvalue weighted by molar-refractivity contribution is 0.0690. The van der Waals surface area contributed by atoms with Crippen molar-refractivity contribution in [1.29, 1.82) is 0 Å². The number of anilines is 2. The Balaban J connectivity index is 1.79. The quantitative estimate of drug-likeness (QED) is 0.684. The molecule has 0 aliphatic rings. The minimum Gasteiger partial charge on any atom is -0.332 e. The Kier molecular flexibility index (Phi) is 5.46. The molecule has 1 amide bonds. The van der Waals surface area contributed by atoms with Crippen LogP contribution in [0.3, 0.4) is 0 Å². The summed E-state index contributed by atoms with van der Waals surface area (Å²) in [6.45, 7) is 4.68. The van der Waals surface area contributed by atoms with Gasteiger partial charge in [-0.25, -0.2) is 4.98 Å². The molecule has 4 nitrogen and oxygen atoms in total. The van der Waals surface area contributed by atoms with Crippen molar-refractivity contribution in [3.8, 4) is 0 Å². The SMILES string of the molecule is CC(C)N(Cc1ccccc1)C(=O)c1cccc(Nc2nccs2)c1. The molecule has 0 fully saturated rings. The monoisotopic (exact) mass is 351 g/mol. The lowest BCUT2D eigenvalue weighted by Crippen LogP contribution is -2.36. The third kappa shape index (κ3) is 4.45. The predicted octanol–water partition coefficient (Wildman–Crippen LogP) is 4.94. The summed E-state index contributed by atoms with van der Waals surface area (Å²) in [5.41, 5.74) is 2.66. The van der Waals surface area contributed by atoms with E-state index < -0.39 is 0 Å². The lowest BCUT2D eigenvalue weighted by Gasteiger charge is -2.27. The Morgan fingerprint density at radius 1 is 1.16 bits per heavy atom. The summed E-state index contributed by atoms with van der Waals surface area (Å²) in [4.78, 5) is 19.1. The van der Waals surface area contributed by atoms with Gasteiger partial charge in [-0.1, -0.05) is 36.4 Å². The first-order valence-electron chi connectivity index (χ1n) is 8.25. The third-order valence-electron chi connectivity index (χ3n) is 3.87. The molecule has 0 aliphatic carbocycles. The normalized spacial score (nSPS) is 10.7. The first-order chi connectivity index (χ1) is 12.1. The van der Waals surface area contributed by atoms with E-state index in [-0.39, 0.29) is 11.9 Å². The molecule has 3 aromatic rings. The molecule has 0 radical (unpaired) electrons. The van der Waals surface area contributed by atoms with Gasteiger partial charge in [-0.2, -0.15) is 0 Å². The highest BCUT2D eigenvalue weighted by Crippen LogP contribution is 2.21. The van der Waals surface area contributed by atoms with Crippen LogP contribution in [-0.2, 0) is 6.54 Å². The Hall–Kier alpha value is -2.66. The molecule has 0 saturated heterocycles. The molecule has 1 aromatic heterocycles. The van der Waals surface area contributed by atoms with E-state index in [1.165, 1.54) is 11.3 Å². The molecule has 128 valence electrons. The standard InChI is InChI=1S/C20H21N3OS/c1-15(2)23(14-16-7-4-3-5-8-16)19(24)17-9-6-10-18(13-17)22-20-21-11-12-25-20/h3-13,15H,14H2,1-2H3,(H,21,22). The molecular formula is C20H21N3OS. The first kappa shape index (κ1) is 17.2. The lowest BCUT2D eigenvalue weighted by atomic mass is 10.1. The molecule has 3 rings (SSSR count). The van der Waals surface area contributed by atoms with Crippen molar-refractivity contribution in [2.45, 2.75) is 26.4 Å². The molecule has 5 heteroatoms. The maximum Gasteiger partial charge on any atom is 0.254 e. The van der Waals surface area contributed by atoms with Gasteiger partial charge in [0.1, 0.15) is 0 Å². The minimum absolute atomic E-state index is 0.0293. The number of thiazole rings is 1. The summed E-state index contributed by atoms with van der Waals surface area (Å²) in [7, 11) is 0. The fraction of sp³-hybridized carbons (Fsp3) is 0.200. The van der Waals surface area contributed by atoms with Crippen LogP contribution < -0.4 is 5.32 Å². The van der Waals surface area contributed by atoms with Crippen LogP contribution in [0.25, 0.3) is 0 Å². The highest BCUT2D eigenvalue weighted by atomic mass is 32.1. The maximum absolute atomic E-state index is 13.0. The number of hydrogen-bond donors (Lipinski definition) is 1. The van der Waals surface area contributed by atoms with Crippen molar-refractivity contribution in [3.63, 3.8) is 0 Å². The number of carbonyl (C=O) groups excluding carboxylic acids is 1. The Labute approximate surface area is 152 Å². The van der Waals surface area contributed by atoms with Crippen LogP contribution in [0, 0.1) is 0 Å². The summed E-state index contributed by atoms with van der Waals surface area (Å²) >= 11 is 1.53. The maximum atomic E-state index is 13.0. The molecule has 0 spiro atoms. The second kappa shape index (κ2) is 7.94. The zero-order valence-electron chi connectivity index (χ0n) is 14.3. The fourth-order valence-corrected chi connectivity index (χ4v) is 3.12. The summed E-state index contributed by atoms with van der Waals surface area (Å²) in [5, 5.41) is 5.96. The fourth-order valence-electron chi connectivity index (χ4n) is 2.57. The van der Waals surface area contributed by atoms with Gasteiger partial charge in [-0.3, -0.25) is 4.79 Å². The number of amides is 1. The Bertz CT molecular complexity index is 816. The van der Waals surface area contributed by atoms with Crippen molar-refractivity contribution in [2.75, 3.05) is 5.32 Å². The highest BCUT2D eigenvalue weighted by molar-refractivity contribution is 7.13. The molecule has 0 saturated carbocycles. The van der Waals surface area contributed by atoms with E-state index in [0.717, 1.165) is 16.4 Å². The van der Waals surface area contributed by atoms with Gasteiger partial charge in [0.2, 0.25) is 0 Å². The van der Waals surface area contributed by atoms with Gasteiger partial charge in [0, 0.05) is 35.4 Å². The molecule has 0 bridgehead atoms. The van der Waals surface area contributed by atoms with Gasteiger partial charge < -0.3 is 10.2 Å². The van der Waals surface area contributed by atoms with E-state index in [0.29, 0.717) is 12.1 Å². The van der Waals surface area contributed by atoms with Crippen molar-refractivity contribution in [1.82, 2.24) is 9.88 Å². The molecule has 0 unspecified atom stereocenters. The Morgan fingerprint density at radius 3 is 2.64 bits per heavy atom. The smallest absolute Gasteiger partial charge is 0.254 e. The zero-order chi connectivity index (χ0) is 17.6. The average molecular weight is 351 g/mol. The second-order valence-corrected chi connectivity index (χ2v) is 6.95. The topological polar surface area (TPSA) is 45.2 Å². The van der Waals surface area contributed by atoms with Crippen LogP contribution >= 0.6 is 11.3 Å². The molecule has 1 heterocycles. The second-order valence-electron chi connectivity index (χ2n) is 6.06. The molecule has 0 aliphatic heterocycles. The van der Waals surface area contributed by atoms with Crippen LogP contribution in [0.1, 0.15) is 29.8 Å². The highest BCUT2D eigenvalue weighted by Gasteiger charge is 2.19. The minimum atomic E-state index is 0.0293. The first-order valence-corrected chi connectivity index (χ1v) is 9.13. The van der Waals surface area contributed by atoms with Crippen LogP contribution in [0.2, 0.25) is 0 Å². The van der Waals surface area contributed by atoms with Crippen molar-refractivity contribution in [3.05, 3.63) is 77.3 Å². The number of carbonyl (C=O) groups is 1. The van der Waals surface area contributed by atoms with Gasteiger partial charge >= 0.3 is 0 Å². The van der Waals surface area contributed by atoms with Gasteiger partial charge in [-0.15, -0.1) is 11.3 Å². The average Bonchev–Trinajstić information content (AvgIpc) is 3.13. The van der Waals surface area contributed by atoms with E-state index in [1.54, 1.807) is 6.20 Å². The van der Waals surface area contributed by atoms with Gasteiger partial charge in [0.05, 0.1) is 0 Å².